The quantitative estimate of drug-likeness (QED) is 0.158. The molecule has 1 heteroatoms. The maximum Gasteiger partial charge on any atom is 0.143 e. The second-order valence-electron chi connectivity index (χ2n) is 16.6. The molecule has 0 fully saturated rings. The molecule has 0 saturated carbocycles. The van der Waals surface area contributed by atoms with Crippen molar-refractivity contribution in [2.45, 2.75) is 0 Å². The van der Waals surface area contributed by atoms with Crippen molar-refractivity contribution in [3.63, 3.8) is 0 Å². The van der Waals surface area contributed by atoms with E-state index in [1.807, 2.05) is 0 Å². The first-order chi connectivity index (χ1) is 31.3. The Morgan fingerprint density at radius 1 is 0.206 bits per heavy atom. The number of hydrogen-bond acceptors (Lipinski definition) is 1. The molecular weight excluding hydrogens is 761 g/mol. The van der Waals surface area contributed by atoms with E-state index in [9.17, 15) is 0 Å². The normalized spacial score (nSPS) is 11.8. The summed E-state index contributed by atoms with van der Waals surface area (Å²) < 4.78 is 7.14. The molecule has 13 rings (SSSR count). The van der Waals surface area contributed by atoms with E-state index in [0.29, 0.717) is 0 Å². The first-order valence-corrected chi connectivity index (χ1v) is 21.8. The summed E-state index contributed by atoms with van der Waals surface area (Å²) in [5.74, 6) is 0. The van der Waals surface area contributed by atoms with Crippen LogP contribution in [-0.4, -0.2) is 0 Å². The van der Waals surface area contributed by atoms with Gasteiger partial charge in [-0.3, -0.25) is 0 Å². The third kappa shape index (κ3) is 5.43. The highest BCUT2D eigenvalue weighted by atomic mass is 16.3. The second kappa shape index (κ2) is 14.2. The summed E-state index contributed by atoms with van der Waals surface area (Å²) in [6.07, 6.45) is 0. The molecule has 12 aromatic carbocycles. The Morgan fingerprint density at radius 2 is 0.603 bits per heavy atom. The van der Waals surface area contributed by atoms with Crippen molar-refractivity contribution in [2.75, 3.05) is 0 Å². The number of furan rings is 1. The molecule has 0 aliphatic heterocycles. The lowest BCUT2D eigenvalue weighted by Gasteiger charge is -2.19. The molecule has 1 heterocycles. The molecule has 0 amide bonds. The molecule has 13 aromatic rings. The van der Waals surface area contributed by atoms with Gasteiger partial charge in [-0.25, -0.2) is 0 Å². The fourth-order valence-electron chi connectivity index (χ4n) is 10.6. The molecule has 0 aliphatic carbocycles. The largest absolute Gasteiger partial charge is 0.455 e. The lowest BCUT2D eigenvalue weighted by Crippen LogP contribution is -1.92. The summed E-state index contributed by atoms with van der Waals surface area (Å²) in [5.41, 5.74) is 13.9. The second-order valence-corrected chi connectivity index (χ2v) is 16.6. The average Bonchev–Trinajstić information content (AvgIpc) is 3.73. The third-order valence-corrected chi connectivity index (χ3v) is 13.3. The number of para-hydroxylation sites is 1. The van der Waals surface area contributed by atoms with E-state index >= 15 is 0 Å². The highest BCUT2D eigenvalue weighted by Gasteiger charge is 2.23. The minimum Gasteiger partial charge on any atom is -0.455 e. The van der Waals surface area contributed by atoms with Gasteiger partial charge in [-0.1, -0.05) is 218 Å². The van der Waals surface area contributed by atoms with E-state index in [0.717, 1.165) is 33.1 Å². The van der Waals surface area contributed by atoms with Gasteiger partial charge in [0.05, 0.1) is 0 Å². The highest BCUT2D eigenvalue weighted by molar-refractivity contribution is 6.27. The molecule has 0 radical (unpaired) electrons. The number of fused-ring (bicyclic) bond motifs is 8. The van der Waals surface area contributed by atoms with Gasteiger partial charge in [0.1, 0.15) is 11.2 Å². The standard InChI is InChI=1S/C62H38O/c1-3-18-39(19-4-1)42-36-37-54(44-23-8-7-22-43(42)44)60-50-28-13-15-30-52(50)61(53-31-16-14-29-51(53)60)56-33-17-32-55-45-35-34-41(38-57(45)63-62(55)56)59-48-26-11-9-24-46(48)58(40-20-5-2-6-21-40)47-25-10-12-27-49(47)59/h1-38H. The minimum atomic E-state index is 0.880. The zero-order chi connectivity index (χ0) is 41.4. The summed E-state index contributed by atoms with van der Waals surface area (Å²) in [5, 5.41) is 14.5. The SMILES string of the molecule is c1ccc(-c2ccc(-c3c4ccccc4c(-c4cccc5c4oc4cc(-c6c7ccccc7c(-c7ccccc7)c7ccccc67)ccc45)c4ccccc34)c3ccccc23)cc1. The van der Waals surface area contributed by atoms with Crippen LogP contribution in [0.25, 0.3) is 131 Å². The molecule has 1 aromatic heterocycles. The van der Waals surface area contributed by atoms with Crippen LogP contribution in [0.5, 0.6) is 0 Å². The summed E-state index contributed by atoms with van der Waals surface area (Å²) in [6.45, 7) is 0. The number of rotatable bonds is 5. The molecule has 1 nitrogen and oxygen atoms in total. The van der Waals surface area contributed by atoms with Crippen LogP contribution in [0, 0.1) is 0 Å². The van der Waals surface area contributed by atoms with Crippen LogP contribution in [0.1, 0.15) is 0 Å². The van der Waals surface area contributed by atoms with Crippen LogP contribution in [0.3, 0.4) is 0 Å². The summed E-state index contributed by atoms with van der Waals surface area (Å²) >= 11 is 0. The van der Waals surface area contributed by atoms with Crippen molar-refractivity contribution >= 4 is 75.8 Å². The Morgan fingerprint density at radius 3 is 1.14 bits per heavy atom. The van der Waals surface area contributed by atoms with Crippen molar-refractivity contribution in [1.82, 2.24) is 0 Å². The fourth-order valence-corrected chi connectivity index (χ4v) is 10.6. The van der Waals surface area contributed by atoms with E-state index in [1.54, 1.807) is 0 Å². The molecule has 63 heavy (non-hydrogen) atoms. The first kappa shape index (κ1) is 35.5. The Labute approximate surface area is 364 Å². The number of benzene rings is 12. The molecule has 0 N–H and O–H groups in total. The van der Waals surface area contributed by atoms with E-state index in [4.69, 9.17) is 4.42 Å². The van der Waals surface area contributed by atoms with Gasteiger partial charge in [-0.15, -0.1) is 0 Å². The zero-order valence-corrected chi connectivity index (χ0v) is 34.3. The average molecular weight is 799 g/mol. The fraction of sp³-hybridized carbons (Fsp3) is 0. The van der Waals surface area contributed by atoms with Gasteiger partial charge in [0, 0.05) is 21.9 Å². The van der Waals surface area contributed by atoms with Crippen molar-refractivity contribution in [1.29, 1.82) is 0 Å². The summed E-state index contributed by atoms with van der Waals surface area (Å²) in [4.78, 5) is 0. The highest BCUT2D eigenvalue weighted by Crippen LogP contribution is 2.49. The van der Waals surface area contributed by atoms with Crippen LogP contribution < -0.4 is 0 Å². The molecular formula is C62H38O. The summed E-state index contributed by atoms with van der Waals surface area (Å²) in [6, 6.07) is 84.0. The van der Waals surface area contributed by atoms with Crippen molar-refractivity contribution < 1.29 is 4.42 Å². The molecule has 0 atom stereocenters. The number of hydrogen-bond donors (Lipinski definition) is 0. The van der Waals surface area contributed by atoms with Crippen LogP contribution in [0.2, 0.25) is 0 Å². The Hall–Kier alpha value is -8.26. The smallest absolute Gasteiger partial charge is 0.143 e. The predicted octanol–water partition coefficient (Wildman–Crippen LogP) is 17.7. The van der Waals surface area contributed by atoms with Gasteiger partial charge >= 0.3 is 0 Å². The Balaban J connectivity index is 1.04. The maximum atomic E-state index is 7.14. The van der Waals surface area contributed by atoms with Crippen molar-refractivity contribution in [2.24, 2.45) is 0 Å². The van der Waals surface area contributed by atoms with Gasteiger partial charge in [0.25, 0.3) is 0 Å². The molecule has 0 aliphatic rings. The lowest BCUT2D eigenvalue weighted by atomic mass is 9.83. The molecule has 0 spiro atoms. The molecule has 0 saturated heterocycles. The Kier molecular flexibility index (Phi) is 7.98. The van der Waals surface area contributed by atoms with Gasteiger partial charge in [0.2, 0.25) is 0 Å². The third-order valence-electron chi connectivity index (χ3n) is 13.3. The summed E-state index contributed by atoms with van der Waals surface area (Å²) in [7, 11) is 0. The zero-order valence-electron chi connectivity index (χ0n) is 34.3. The lowest BCUT2D eigenvalue weighted by molar-refractivity contribution is 0.670. The maximum absolute atomic E-state index is 7.14. The van der Waals surface area contributed by atoms with E-state index < -0.39 is 0 Å². The molecule has 292 valence electrons. The topological polar surface area (TPSA) is 13.1 Å². The monoisotopic (exact) mass is 798 g/mol. The Bertz CT molecular complexity index is 3840. The van der Waals surface area contributed by atoms with Gasteiger partial charge in [-0.2, -0.15) is 0 Å². The van der Waals surface area contributed by atoms with Crippen molar-refractivity contribution in [3.05, 3.63) is 231 Å². The van der Waals surface area contributed by atoms with Gasteiger partial charge in [0.15, 0.2) is 0 Å². The van der Waals surface area contributed by atoms with E-state index in [1.165, 1.54) is 98.4 Å². The van der Waals surface area contributed by atoms with Crippen LogP contribution in [0.4, 0.5) is 0 Å². The van der Waals surface area contributed by atoms with Crippen LogP contribution in [-0.2, 0) is 0 Å². The molecule has 0 unspecified atom stereocenters. The predicted molar refractivity (Wildman–Crippen MR) is 268 cm³/mol. The van der Waals surface area contributed by atoms with Crippen molar-refractivity contribution in [3.8, 4) is 55.6 Å². The minimum absolute atomic E-state index is 0.880. The van der Waals surface area contributed by atoms with Gasteiger partial charge in [-0.05, 0) is 111 Å². The van der Waals surface area contributed by atoms with Crippen LogP contribution in [0.15, 0.2) is 235 Å². The first-order valence-electron chi connectivity index (χ1n) is 21.8. The van der Waals surface area contributed by atoms with E-state index in [-0.39, 0.29) is 0 Å². The molecule has 0 bridgehead atoms. The van der Waals surface area contributed by atoms with Crippen LogP contribution >= 0.6 is 0 Å². The van der Waals surface area contributed by atoms with Gasteiger partial charge < -0.3 is 4.42 Å². The van der Waals surface area contributed by atoms with E-state index in [2.05, 4.69) is 231 Å².